The van der Waals surface area contributed by atoms with Crippen LogP contribution in [0.25, 0.3) is 33.5 Å². The summed E-state index contributed by atoms with van der Waals surface area (Å²) in [6.07, 6.45) is 0. The van der Waals surface area contributed by atoms with E-state index in [1.54, 1.807) is 24.3 Å². The lowest BCUT2D eigenvalue weighted by atomic mass is 9.90. The normalized spacial score (nSPS) is 10.8. The van der Waals surface area contributed by atoms with E-state index in [-0.39, 0.29) is 28.1 Å². The molecule has 3 aromatic carbocycles. The molecule has 0 aliphatic carbocycles. The zero-order chi connectivity index (χ0) is 25.3. The highest BCUT2D eigenvalue weighted by atomic mass is 19.1. The Labute approximate surface area is 199 Å². The van der Waals surface area contributed by atoms with Crippen LogP contribution in [0.4, 0.5) is 13.2 Å². The number of rotatable bonds is 6. The second kappa shape index (κ2) is 9.58. The van der Waals surface area contributed by atoms with Crippen LogP contribution < -0.4 is 19.8 Å². The van der Waals surface area contributed by atoms with Gasteiger partial charge in [0.05, 0.1) is 32.6 Å². The van der Waals surface area contributed by atoms with Crippen LogP contribution in [0.1, 0.15) is 0 Å². The monoisotopic (exact) mass is 481 g/mol. The minimum absolute atomic E-state index is 0.0244. The molecule has 1 aromatic heterocycles. The van der Waals surface area contributed by atoms with E-state index in [0.29, 0.717) is 17.1 Å². The molecule has 0 aliphatic rings. The van der Waals surface area contributed by atoms with Gasteiger partial charge in [0.15, 0.2) is 0 Å². The number of aromatic nitrogens is 1. The molecule has 4 aromatic rings. The summed E-state index contributed by atoms with van der Waals surface area (Å²) in [5, 5.41) is 0. The smallest absolute Gasteiger partial charge is 0.251 e. The lowest BCUT2D eigenvalue weighted by molar-refractivity contribution is 0.394. The first kappa shape index (κ1) is 23.9. The van der Waals surface area contributed by atoms with Gasteiger partial charge >= 0.3 is 0 Å². The summed E-state index contributed by atoms with van der Waals surface area (Å²) in [4.78, 5) is 13.0. The highest BCUT2D eigenvalue weighted by molar-refractivity contribution is 5.94. The van der Waals surface area contributed by atoms with Gasteiger partial charge in [0.2, 0.25) is 0 Å². The summed E-state index contributed by atoms with van der Waals surface area (Å²) in [7, 11) is 5.60. The van der Waals surface area contributed by atoms with Crippen LogP contribution in [0.15, 0.2) is 65.5 Å². The van der Waals surface area contributed by atoms with Crippen LogP contribution >= 0.6 is 0 Å². The molecule has 35 heavy (non-hydrogen) atoms. The molecule has 5 nitrogen and oxygen atoms in total. The van der Waals surface area contributed by atoms with E-state index >= 15 is 8.78 Å². The fourth-order valence-corrected chi connectivity index (χ4v) is 4.02. The lowest BCUT2D eigenvalue weighted by Gasteiger charge is -2.21. The maximum Gasteiger partial charge on any atom is 0.251 e. The van der Waals surface area contributed by atoms with Crippen LogP contribution in [-0.2, 0) is 7.05 Å². The molecule has 0 saturated heterocycles. The van der Waals surface area contributed by atoms with Crippen molar-refractivity contribution < 1.29 is 27.4 Å². The topological polar surface area (TPSA) is 49.7 Å². The van der Waals surface area contributed by atoms with Crippen LogP contribution in [0.2, 0.25) is 0 Å². The predicted molar refractivity (Wildman–Crippen MR) is 128 cm³/mol. The summed E-state index contributed by atoms with van der Waals surface area (Å²) in [6.45, 7) is 0. The van der Waals surface area contributed by atoms with Crippen molar-refractivity contribution in [3.63, 3.8) is 0 Å². The predicted octanol–water partition coefficient (Wildman–Crippen LogP) is 5.83. The summed E-state index contributed by atoms with van der Waals surface area (Å²) in [5.74, 6) is -1.72. The summed E-state index contributed by atoms with van der Waals surface area (Å²) >= 11 is 0. The molecule has 0 atom stereocenters. The first-order valence-electron chi connectivity index (χ1n) is 10.5. The van der Waals surface area contributed by atoms with Gasteiger partial charge in [0.25, 0.3) is 5.56 Å². The van der Waals surface area contributed by atoms with Gasteiger partial charge in [-0.25, -0.2) is 13.2 Å². The number of nitrogens with zero attached hydrogens (tertiary/aromatic N) is 1. The second-order valence-electron chi connectivity index (χ2n) is 7.73. The third-order valence-electron chi connectivity index (χ3n) is 5.73. The number of hydrogen-bond acceptors (Lipinski definition) is 4. The molecule has 1 heterocycles. The highest BCUT2D eigenvalue weighted by Crippen LogP contribution is 2.43. The molecule has 8 heteroatoms. The average Bonchev–Trinajstić information content (AvgIpc) is 2.85. The highest BCUT2D eigenvalue weighted by Gasteiger charge is 2.26. The molecule has 0 spiro atoms. The largest absolute Gasteiger partial charge is 0.497 e. The van der Waals surface area contributed by atoms with Gasteiger partial charge in [0, 0.05) is 48.0 Å². The van der Waals surface area contributed by atoms with Crippen molar-refractivity contribution in [3.8, 4) is 50.8 Å². The zero-order valence-electron chi connectivity index (χ0n) is 19.5. The maximum atomic E-state index is 15.3. The van der Waals surface area contributed by atoms with Crippen molar-refractivity contribution in [3.05, 3.63) is 88.5 Å². The van der Waals surface area contributed by atoms with Crippen molar-refractivity contribution in [1.29, 1.82) is 0 Å². The number of benzene rings is 3. The Balaban J connectivity index is 2.22. The number of methoxy groups -OCH3 is 3. The van der Waals surface area contributed by atoms with E-state index in [1.165, 1.54) is 52.6 Å². The van der Waals surface area contributed by atoms with E-state index in [4.69, 9.17) is 14.2 Å². The van der Waals surface area contributed by atoms with Crippen LogP contribution in [0.5, 0.6) is 17.2 Å². The zero-order valence-corrected chi connectivity index (χ0v) is 19.5. The fourth-order valence-electron chi connectivity index (χ4n) is 4.02. The Kier molecular flexibility index (Phi) is 6.55. The summed E-state index contributed by atoms with van der Waals surface area (Å²) in [5.41, 5.74) is -0.240. The van der Waals surface area contributed by atoms with Crippen molar-refractivity contribution in [1.82, 2.24) is 4.57 Å². The average molecular weight is 481 g/mol. The van der Waals surface area contributed by atoms with Gasteiger partial charge in [-0.2, -0.15) is 0 Å². The minimum Gasteiger partial charge on any atom is -0.497 e. The Morgan fingerprint density at radius 2 is 1.20 bits per heavy atom. The van der Waals surface area contributed by atoms with Gasteiger partial charge in [-0.1, -0.05) is 18.2 Å². The lowest BCUT2D eigenvalue weighted by Crippen LogP contribution is -2.20. The van der Waals surface area contributed by atoms with Gasteiger partial charge in [0.1, 0.15) is 34.7 Å². The summed E-state index contributed by atoms with van der Waals surface area (Å²) in [6, 6.07) is 14.0. The first-order valence-corrected chi connectivity index (χ1v) is 10.5. The second-order valence-corrected chi connectivity index (χ2v) is 7.73. The molecule has 180 valence electrons. The van der Waals surface area contributed by atoms with Gasteiger partial charge in [-0.3, -0.25) is 4.79 Å². The van der Waals surface area contributed by atoms with Crippen LogP contribution in [-0.4, -0.2) is 25.9 Å². The van der Waals surface area contributed by atoms with Crippen molar-refractivity contribution in [2.75, 3.05) is 21.3 Å². The molecule has 0 aliphatic heterocycles. The van der Waals surface area contributed by atoms with E-state index in [1.807, 2.05) is 0 Å². The number of ether oxygens (including phenoxy) is 3. The Morgan fingerprint density at radius 1 is 0.657 bits per heavy atom. The van der Waals surface area contributed by atoms with Gasteiger partial charge in [-0.15, -0.1) is 0 Å². The maximum absolute atomic E-state index is 15.3. The molecular formula is C27H22F3NO4. The van der Waals surface area contributed by atoms with Crippen molar-refractivity contribution >= 4 is 0 Å². The molecule has 0 N–H and O–H groups in total. The van der Waals surface area contributed by atoms with E-state index in [2.05, 4.69) is 0 Å². The molecule has 0 fully saturated rings. The Hall–Kier alpha value is -4.20. The molecule has 0 radical (unpaired) electrons. The standard InChI is InChI=1S/C27H22F3NO4/c1-31-24(32)14-20(19-7-5-6-8-21(19)28)25(15-9-16(33-2)11-17(10-15)34-3)27(31)26-22(29)12-18(35-4)13-23(26)30/h5-14H,1-4H3. The van der Waals surface area contributed by atoms with Gasteiger partial charge < -0.3 is 18.8 Å². The van der Waals surface area contributed by atoms with Crippen molar-refractivity contribution in [2.45, 2.75) is 0 Å². The molecule has 0 bridgehead atoms. The molecule has 4 rings (SSSR count). The quantitative estimate of drug-likeness (QED) is 0.348. The Bertz CT molecular complexity index is 1430. The number of halogens is 3. The van der Waals surface area contributed by atoms with Gasteiger partial charge in [-0.05, 0) is 23.8 Å². The molecular weight excluding hydrogens is 459 g/mol. The third-order valence-corrected chi connectivity index (χ3v) is 5.73. The summed E-state index contributed by atoms with van der Waals surface area (Å²) < 4.78 is 62.5. The number of pyridine rings is 1. The number of hydrogen-bond donors (Lipinski definition) is 0. The third kappa shape index (κ3) is 4.35. The van der Waals surface area contributed by atoms with E-state index < -0.39 is 28.6 Å². The van der Waals surface area contributed by atoms with Crippen LogP contribution in [0, 0.1) is 17.5 Å². The Morgan fingerprint density at radius 3 is 1.74 bits per heavy atom. The first-order chi connectivity index (χ1) is 16.8. The SMILES string of the molecule is COc1cc(OC)cc(-c2c(-c3ccccc3F)cc(=O)n(C)c2-c2c(F)cc(OC)cc2F)c1. The van der Waals surface area contributed by atoms with Crippen molar-refractivity contribution in [2.24, 2.45) is 7.05 Å². The van der Waals surface area contributed by atoms with E-state index in [9.17, 15) is 9.18 Å². The molecule has 0 unspecified atom stereocenters. The van der Waals surface area contributed by atoms with Crippen LogP contribution in [0.3, 0.4) is 0 Å². The minimum atomic E-state index is -0.946. The fraction of sp³-hybridized carbons (Fsp3) is 0.148. The molecule has 0 saturated carbocycles. The van der Waals surface area contributed by atoms with E-state index in [0.717, 1.165) is 16.7 Å². The molecule has 0 amide bonds.